The molecule has 0 radical (unpaired) electrons. The first-order valence-electron chi connectivity index (χ1n) is 2.54. The predicted octanol–water partition coefficient (Wildman–Crippen LogP) is -1.23. The number of nitrogens with two attached hydrogens (primary N) is 1. The van der Waals surface area contributed by atoms with Gasteiger partial charge in [0.1, 0.15) is 0 Å². The van der Waals surface area contributed by atoms with Gasteiger partial charge in [-0.1, -0.05) is 0 Å². The molecule has 10 heavy (non-hydrogen) atoms. The normalized spacial score (nSPS) is 13.6. The standard InChI is InChI=1S/C5H11NO2S.Cu/c1-5(2,9)3(6)4(7)8;/h3,9H,6H2,1-2H3,(H,7,8);/q;+1/p-1/t3-;/m0./s1. The molecule has 5 heteroatoms. The van der Waals surface area contributed by atoms with E-state index in [9.17, 15) is 9.90 Å². The molecule has 0 fully saturated rings. The summed E-state index contributed by atoms with van der Waals surface area (Å²) in [5, 5.41) is 10.1. The van der Waals surface area contributed by atoms with E-state index in [1.165, 1.54) is 0 Å². The van der Waals surface area contributed by atoms with E-state index in [1.54, 1.807) is 13.8 Å². The topological polar surface area (TPSA) is 66.2 Å². The Bertz CT molecular complexity index is 123. The fourth-order valence-corrected chi connectivity index (χ4v) is 0.394. The SMILES string of the molecule is CC(C)(S)[C@@H](N)C(=O)[O-].[Cu+]. The second kappa shape index (κ2) is 4.23. The second-order valence-corrected chi connectivity index (χ2v) is 3.60. The van der Waals surface area contributed by atoms with Crippen molar-refractivity contribution >= 4 is 18.6 Å². The molecule has 0 aliphatic rings. The van der Waals surface area contributed by atoms with E-state index >= 15 is 0 Å². The molecule has 0 heterocycles. The van der Waals surface area contributed by atoms with Crippen LogP contribution < -0.4 is 10.8 Å². The van der Waals surface area contributed by atoms with Crippen LogP contribution in [0.15, 0.2) is 0 Å². The third-order valence-electron chi connectivity index (χ3n) is 1.02. The van der Waals surface area contributed by atoms with Crippen LogP contribution >= 0.6 is 12.6 Å². The number of aliphatic carboxylic acids is 1. The fourth-order valence-electron chi connectivity index (χ4n) is 0.288. The van der Waals surface area contributed by atoms with E-state index in [1.807, 2.05) is 0 Å². The first kappa shape index (κ1) is 12.9. The number of rotatable bonds is 2. The first-order valence-corrected chi connectivity index (χ1v) is 2.99. The van der Waals surface area contributed by atoms with E-state index in [2.05, 4.69) is 12.6 Å². The third kappa shape index (κ3) is 4.17. The number of carboxylic acid groups (broad SMARTS) is 1. The van der Waals surface area contributed by atoms with Gasteiger partial charge in [0, 0.05) is 4.75 Å². The smallest absolute Gasteiger partial charge is 0.548 e. The van der Waals surface area contributed by atoms with Crippen LogP contribution in [0.5, 0.6) is 0 Å². The zero-order valence-corrected chi connectivity index (χ0v) is 7.56. The summed E-state index contributed by atoms with van der Waals surface area (Å²) in [4.78, 5) is 10.1. The van der Waals surface area contributed by atoms with E-state index in [4.69, 9.17) is 5.73 Å². The molecule has 0 aromatic heterocycles. The number of hydrogen-bond donors (Lipinski definition) is 2. The molecule has 0 amide bonds. The van der Waals surface area contributed by atoms with E-state index in [-0.39, 0.29) is 17.1 Å². The number of carbonyl (C=O) groups excluding carboxylic acids is 1. The Labute approximate surface area is 76.2 Å². The van der Waals surface area contributed by atoms with Gasteiger partial charge in [0.2, 0.25) is 0 Å². The summed E-state index contributed by atoms with van der Waals surface area (Å²) in [6, 6.07) is -1.01. The summed E-state index contributed by atoms with van der Waals surface area (Å²) >= 11 is 3.94. The van der Waals surface area contributed by atoms with Crippen molar-refractivity contribution in [1.29, 1.82) is 0 Å². The summed E-state index contributed by atoms with van der Waals surface area (Å²) in [7, 11) is 0. The molecule has 0 rings (SSSR count). The molecule has 64 valence electrons. The van der Waals surface area contributed by atoms with Crippen molar-refractivity contribution in [3.8, 4) is 0 Å². The molecule has 0 unspecified atom stereocenters. The summed E-state index contributed by atoms with van der Waals surface area (Å²) in [5.41, 5.74) is 5.16. The maximum Gasteiger partial charge on any atom is 1.00 e. The van der Waals surface area contributed by atoms with Gasteiger partial charge >= 0.3 is 17.1 Å². The molecule has 0 aromatic carbocycles. The van der Waals surface area contributed by atoms with Gasteiger partial charge in [-0.2, -0.15) is 12.6 Å². The molecule has 3 nitrogen and oxygen atoms in total. The van der Waals surface area contributed by atoms with Crippen molar-refractivity contribution in [2.45, 2.75) is 24.6 Å². The monoisotopic (exact) mass is 211 g/mol. The maximum absolute atomic E-state index is 10.1. The molecule has 1 atom stereocenters. The molecule has 0 aliphatic carbocycles. The Hall–Kier alpha value is 0.299. The number of thiol groups is 1. The van der Waals surface area contributed by atoms with E-state index in [0.717, 1.165) is 0 Å². The molecule has 0 saturated heterocycles. The summed E-state index contributed by atoms with van der Waals surface area (Å²) in [5.74, 6) is -1.27. The summed E-state index contributed by atoms with van der Waals surface area (Å²) in [6.45, 7) is 3.24. The van der Waals surface area contributed by atoms with Crippen molar-refractivity contribution in [1.82, 2.24) is 0 Å². The van der Waals surface area contributed by atoms with Crippen LogP contribution in [0.25, 0.3) is 0 Å². The number of hydrogen-bond acceptors (Lipinski definition) is 4. The van der Waals surface area contributed by atoms with Gasteiger partial charge in [-0.15, -0.1) is 0 Å². The maximum atomic E-state index is 10.1. The van der Waals surface area contributed by atoms with E-state index < -0.39 is 16.8 Å². The van der Waals surface area contributed by atoms with Gasteiger partial charge < -0.3 is 15.6 Å². The average molecular weight is 212 g/mol. The Morgan fingerprint density at radius 1 is 1.70 bits per heavy atom. The molecule has 0 aliphatic heterocycles. The molecule has 0 aromatic rings. The van der Waals surface area contributed by atoms with Gasteiger partial charge in [-0.25, -0.2) is 0 Å². The number of carbonyl (C=O) groups is 1. The molecule has 0 spiro atoms. The second-order valence-electron chi connectivity index (χ2n) is 2.45. The molecular weight excluding hydrogens is 202 g/mol. The molecule has 0 saturated carbocycles. The van der Waals surface area contributed by atoms with Gasteiger partial charge in [0.15, 0.2) is 0 Å². The summed E-state index contributed by atoms with van der Waals surface area (Å²) in [6.07, 6.45) is 0. The minimum absolute atomic E-state index is 0. The van der Waals surface area contributed by atoms with Crippen molar-refractivity contribution in [2.75, 3.05) is 0 Å². The average Bonchev–Trinajstić information content (AvgIpc) is 1.62. The molecule has 0 bridgehead atoms. The predicted molar refractivity (Wildman–Crippen MR) is 36.0 cm³/mol. The number of carboxylic acids is 1. The Balaban J connectivity index is 0. The zero-order valence-electron chi connectivity index (χ0n) is 5.72. The van der Waals surface area contributed by atoms with E-state index in [0.29, 0.717) is 0 Å². The third-order valence-corrected chi connectivity index (χ3v) is 1.29. The van der Waals surface area contributed by atoms with Gasteiger partial charge in [-0.3, -0.25) is 0 Å². The van der Waals surface area contributed by atoms with Gasteiger partial charge in [0.05, 0.1) is 12.0 Å². The Morgan fingerprint density at radius 2 is 2.00 bits per heavy atom. The van der Waals surface area contributed by atoms with Gasteiger partial charge in [-0.05, 0) is 13.8 Å². The van der Waals surface area contributed by atoms with Crippen molar-refractivity contribution < 1.29 is 27.0 Å². The van der Waals surface area contributed by atoms with Gasteiger partial charge in [0.25, 0.3) is 0 Å². The van der Waals surface area contributed by atoms with Crippen LogP contribution in [0.1, 0.15) is 13.8 Å². The quantitative estimate of drug-likeness (QED) is 0.444. The fraction of sp³-hybridized carbons (Fsp3) is 0.800. The molecular formula is C5H10CuNO2S. The Morgan fingerprint density at radius 3 is 2.00 bits per heavy atom. The van der Waals surface area contributed by atoms with Crippen molar-refractivity contribution in [3.63, 3.8) is 0 Å². The van der Waals surface area contributed by atoms with Crippen LogP contribution in [0.2, 0.25) is 0 Å². The zero-order chi connectivity index (χ0) is 7.65. The summed E-state index contributed by atoms with van der Waals surface area (Å²) < 4.78 is -0.709. The van der Waals surface area contributed by atoms with Crippen molar-refractivity contribution in [3.05, 3.63) is 0 Å². The minimum atomic E-state index is -1.27. The van der Waals surface area contributed by atoms with Crippen molar-refractivity contribution in [2.24, 2.45) is 5.73 Å². The molecule has 2 N–H and O–H groups in total. The first-order chi connectivity index (χ1) is 3.85. The minimum Gasteiger partial charge on any atom is -0.548 e. The Kier molecular flexibility index (Phi) is 5.48. The van der Waals surface area contributed by atoms with Crippen LogP contribution in [0.4, 0.5) is 0 Å². The largest absolute Gasteiger partial charge is 1.00 e. The van der Waals surface area contributed by atoms with Crippen LogP contribution in [0.3, 0.4) is 0 Å². The van der Waals surface area contributed by atoms with Crippen LogP contribution in [-0.4, -0.2) is 16.8 Å². The van der Waals surface area contributed by atoms with Crippen LogP contribution in [0, 0.1) is 0 Å². The van der Waals surface area contributed by atoms with Crippen LogP contribution in [-0.2, 0) is 21.9 Å².